The van der Waals surface area contributed by atoms with E-state index < -0.39 is 10.1 Å². The van der Waals surface area contributed by atoms with Crippen LogP contribution >= 0.6 is 0 Å². The van der Waals surface area contributed by atoms with E-state index in [2.05, 4.69) is 0 Å². The fourth-order valence-corrected chi connectivity index (χ4v) is 1.26. The molecule has 68 valence electrons. The summed E-state index contributed by atoms with van der Waals surface area (Å²) in [6.45, 7) is 0.437. The predicted molar refractivity (Wildman–Crippen MR) is 42.7 cm³/mol. The van der Waals surface area contributed by atoms with E-state index in [1.807, 2.05) is 0 Å². The Balaban J connectivity index is 3.54. The summed E-state index contributed by atoms with van der Waals surface area (Å²) in [4.78, 5) is 0. The van der Waals surface area contributed by atoms with Crippen LogP contribution in [0.1, 0.15) is 12.8 Å². The molecule has 0 aliphatic rings. The molecule has 0 spiro atoms. The van der Waals surface area contributed by atoms with E-state index in [1.54, 1.807) is 0 Å². The van der Waals surface area contributed by atoms with E-state index in [4.69, 9.17) is 16.0 Å². The lowest BCUT2D eigenvalue weighted by molar-refractivity contribution is 0.475. The summed E-state index contributed by atoms with van der Waals surface area (Å²) in [7, 11) is -3.86. The highest BCUT2D eigenvalue weighted by Gasteiger charge is 2.08. The third-order valence-electron chi connectivity index (χ3n) is 1.28. The van der Waals surface area contributed by atoms with E-state index in [0.29, 0.717) is 13.0 Å². The van der Waals surface area contributed by atoms with Crippen molar-refractivity contribution < 1.29 is 13.0 Å². The minimum atomic E-state index is -3.86. The molecular weight excluding hydrogens is 168 g/mol. The molecular formula is C5H14N2O3S. The van der Waals surface area contributed by atoms with Gasteiger partial charge < -0.3 is 11.5 Å². The van der Waals surface area contributed by atoms with Crippen LogP contribution in [0.2, 0.25) is 0 Å². The maximum atomic E-state index is 10.2. The first-order valence-corrected chi connectivity index (χ1v) is 4.97. The Morgan fingerprint density at radius 3 is 2.27 bits per heavy atom. The van der Waals surface area contributed by atoms with Crippen molar-refractivity contribution in [3.63, 3.8) is 0 Å². The Bertz CT molecular complexity index is 190. The summed E-state index contributed by atoms with van der Waals surface area (Å²) in [5.41, 5.74) is 10.6. The minimum absolute atomic E-state index is 0.234. The molecule has 0 radical (unpaired) electrons. The van der Waals surface area contributed by atoms with E-state index in [1.165, 1.54) is 0 Å². The zero-order valence-electron chi connectivity index (χ0n) is 6.23. The summed E-state index contributed by atoms with van der Waals surface area (Å²) < 4.78 is 28.7. The van der Waals surface area contributed by atoms with Gasteiger partial charge in [0.25, 0.3) is 10.1 Å². The lowest BCUT2D eigenvalue weighted by atomic mass is 10.2. The first-order chi connectivity index (χ1) is 4.95. The van der Waals surface area contributed by atoms with E-state index >= 15 is 0 Å². The van der Waals surface area contributed by atoms with Gasteiger partial charge in [-0.25, -0.2) is 0 Å². The Kier molecular flexibility index (Phi) is 4.58. The summed E-state index contributed by atoms with van der Waals surface area (Å²) >= 11 is 0. The van der Waals surface area contributed by atoms with Crippen molar-refractivity contribution in [1.82, 2.24) is 0 Å². The second-order valence-electron chi connectivity index (χ2n) is 2.41. The molecule has 0 heterocycles. The van der Waals surface area contributed by atoms with Crippen LogP contribution in [-0.4, -0.2) is 31.3 Å². The molecule has 0 amide bonds. The Morgan fingerprint density at radius 2 is 1.91 bits per heavy atom. The van der Waals surface area contributed by atoms with Gasteiger partial charge in [0.05, 0.1) is 5.75 Å². The van der Waals surface area contributed by atoms with Crippen molar-refractivity contribution >= 4 is 10.1 Å². The highest BCUT2D eigenvalue weighted by Crippen LogP contribution is 1.95. The topological polar surface area (TPSA) is 106 Å². The monoisotopic (exact) mass is 182 g/mol. The molecule has 0 bridgehead atoms. The molecule has 0 aliphatic heterocycles. The molecule has 0 aromatic heterocycles. The third kappa shape index (κ3) is 7.73. The highest BCUT2D eigenvalue weighted by molar-refractivity contribution is 7.85. The van der Waals surface area contributed by atoms with E-state index in [-0.39, 0.29) is 18.2 Å². The largest absolute Gasteiger partial charge is 0.330 e. The lowest BCUT2D eigenvalue weighted by Crippen LogP contribution is -2.26. The van der Waals surface area contributed by atoms with Crippen molar-refractivity contribution in [1.29, 1.82) is 0 Å². The molecule has 0 aliphatic carbocycles. The van der Waals surface area contributed by atoms with Crippen LogP contribution in [0.4, 0.5) is 0 Å². The summed E-state index contributed by atoms with van der Waals surface area (Å²) in [5, 5.41) is 0. The molecule has 1 unspecified atom stereocenters. The quantitative estimate of drug-likeness (QED) is 0.470. The van der Waals surface area contributed by atoms with Crippen molar-refractivity contribution in [2.24, 2.45) is 11.5 Å². The fourth-order valence-electron chi connectivity index (χ4n) is 0.659. The average Bonchev–Trinajstić information content (AvgIpc) is 1.83. The number of hydrogen-bond acceptors (Lipinski definition) is 4. The molecule has 0 saturated carbocycles. The van der Waals surface area contributed by atoms with Crippen LogP contribution in [0.25, 0.3) is 0 Å². The third-order valence-corrected chi connectivity index (χ3v) is 2.04. The van der Waals surface area contributed by atoms with Gasteiger partial charge in [-0.3, -0.25) is 4.55 Å². The second kappa shape index (κ2) is 4.66. The number of rotatable bonds is 5. The minimum Gasteiger partial charge on any atom is -0.330 e. The van der Waals surface area contributed by atoms with Crippen molar-refractivity contribution in [2.75, 3.05) is 12.3 Å². The average molecular weight is 182 g/mol. The number of hydrogen-bond donors (Lipinski definition) is 3. The second-order valence-corrected chi connectivity index (χ2v) is 3.98. The van der Waals surface area contributed by atoms with Crippen molar-refractivity contribution in [3.8, 4) is 0 Å². The molecule has 5 nitrogen and oxygen atoms in total. The smallest absolute Gasteiger partial charge is 0.264 e. The first kappa shape index (κ1) is 10.8. The lowest BCUT2D eigenvalue weighted by Gasteiger charge is -2.07. The zero-order chi connectivity index (χ0) is 8.91. The molecule has 1 atom stereocenters. The van der Waals surface area contributed by atoms with Gasteiger partial charge >= 0.3 is 0 Å². The predicted octanol–water partition coefficient (Wildman–Crippen LogP) is -1.06. The van der Waals surface area contributed by atoms with Gasteiger partial charge in [0.15, 0.2) is 0 Å². The van der Waals surface area contributed by atoms with Gasteiger partial charge in [-0.05, 0) is 19.4 Å². The van der Waals surface area contributed by atoms with Crippen LogP contribution in [0, 0.1) is 0 Å². The molecule has 11 heavy (non-hydrogen) atoms. The first-order valence-electron chi connectivity index (χ1n) is 3.36. The Labute approximate surface area is 66.5 Å². The molecule has 0 aromatic rings. The molecule has 0 fully saturated rings. The van der Waals surface area contributed by atoms with Crippen LogP contribution in [0.3, 0.4) is 0 Å². The zero-order valence-corrected chi connectivity index (χ0v) is 7.05. The molecule has 0 aromatic carbocycles. The fraction of sp³-hybridized carbons (Fsp3) is 1.00. The van der Waals surface area contributed by atoms with E-state index in [0.717, 1.165) is 0 Å². The summed E-state index contributed by atoms with van der Waals surface area (Å²) in [6, 6.07) is -0.234. The summed E-state index contributed by atoms with van der Waals surface area (Å²) in [5.74, 6) is -0.284. The molecule has 6 heteroatoms. The normalized spacial score (nSPS) is 14.8. The van der Waals surface area contributed by atoms with Crippen molar-refractivity contribution in [2.45, 2.75) is 18.9 Å². The van der Waals surface area contributed by atoms with Gasteiger partial charge in [0.1, 0.15) is 0 Å². The highest BCUT2D eigenvalue weighted by atomic mass is 32.2. The van der Waals surface area contributed by atoms with Gasteiger partial charge in [0, 0.05) is 6.04 Å². The SMILES string of the molecule is NCCC(N)CCS(=O)(=O)O. The van der Waals surface area contributed by atoms with Gasteiger partial charge in [0.2, 0.25) is 0 Å². The van der Waals surface area contributed by atoms with Gasteiger partial charge in [-0.15, -0.1) is 0 Å². The summed E-state index contributed by atoms with van der Waals surface area (Å²) in [6.07, 6.45) is 0.839. The maximum Gasteiger partial charge on any atom is 0.264 e. The van der Waals surface area contributed by atoms with Crippen LogP contribution in [-0.2, 0) is 10.1 Å². The van der Waals surface area contributed by atoms with Gasteiger partial charge in [-0.2, -0.15) is 8.42 Å². The standard InChI is InChI=1S/C5H14N2O3S/c6-3-1-5(7)2-4-11(8,9)10/h5H,1-4,6-7H2,(H,8,9,10). The molecule has 0 saturated heterocycles. The maximum absolute atomic E-state index is 10.2. The van der Waals surface area contributed by atoms with Crippen molar-refractivity contribution in [3.05, 3.63) is 0 Å². The Hall–Kier alpha value is -0.170. The van der Waals surface area contributed by atoms with Gasteiger partial charge in [-0.1, -0.05) is 0 Å². The van der Waals surface area contributed by atoms with Crippen LogP contribution < -0.4 is 11.5 Å². The van der Waals surface area contributed by atoms with Crippen LogP contribution in [0.15, 0.2) is 0 Å². The van der Waals surface area contributed by atoms with Crippen LogP contribution in [0.5, 0.6) is 0 Å². The Morgan fingerprint density at radius 1 is 1.36 bits per heavy atom. The molecule has 0 rings (SSSR count). The number of nitrogens with two attached hydrogens (primary N) is 2. The van der Waals surface area contributed by atoms with E-state index in [9.17, 15) is 8.42 Å². The molecule has 5 N–H and O–H groups in total.